The van der Waals surface area contributed by atoms with Crippen LogP contribution in [0, 0.1) is 5.92 Å². The summed E-state index contributed by atoms with van der Waals surface area (Å²) in [5.74, 6) is -0.144. The van der Waals surface area contributed by atoms with Gasteiger partial charge in [-0.05, 0) is 18.9 Å². The molecular weight excluding hydrogens is 181 g/mol. The van der Waals surface area contributed by atoms with Crippen molar-refractivity contribution in [2.75, 3.05) is 6.54 Å². The first-order valence-electron chi connectivity index (χ1n) is 4.97. The molecule has 1 aromatic rings. The molecule has 14 heavy (non-hydrogen) atoms. The van der Waals surface area contributed by atoms with E-state index in [4.69, 9.17) is 5.73 Å². The highest BCUT2D eigenvalue weighted by Gasteiger charge is 2.37. The Balaban J connectivity index is 3.11. The largest absolute Gasteiger partial charge is 0.327 e. The van der Waals surface area contributed by atoms with Crippen LogP contribution >= 0.6 is 0 Å². The van der Waals surface area contributed by atoms with Gasteiger partial charge in [-0.2, -0.15) is 5.10 Å². The second kappa shape index (κ2) is 4.09. The van der Waals surface area contributed by atoms with Gasteiger partial charge < -0.3 is 5.73 Å². The molecule has 80 valence electrons. The molecular formula is C10H18FN3. The van der Waals surface area contributed by atoms with Crippen LogP contribution in [0.15, 0.2) is 12.3 Å². The summed E-state index contributed by atoms with van der Waals surface area (Å²) in [5.41, 5.74) is 4.62. The predicted octanol–water partition coefficient (Wildman–Crippen LogP) is 1.68. The molecule has 1 unspecified atom stereocenters. The summed E-state index contributed by atoms with van der Waals surface area (Å²) in [6, 6.07) is 1.70. The number of hydrogen-bond acceptors (Lipinski definition) is 2. The second-order valence-corrected chi connectivity index (χ2v) is 3.75. The van der Waals surface area contributed by atoms with E-state index in [-0.39, 0.29) is 12.5 Å². The van der Waals surface area contributed by atoms with E-state index in [1.54, 1.807) is 16.9 Å². The monoisotopic (exact) mass is 199 g/mol. The maximum absolute atomic E-state index is 14.5. The van der Waals surface area contributed by atoms with Crippen LogP contribution in [-0.4, -0.2) is 16.3 Å². The molecule has 0 fully saturated rings. The molecule has 0 amide bonds. The Bertz CT molecular complexity index is 295. The van der Waals surface area contributed by atoms with E-state index in [9.17, 15) is 4.39 Å². The lowest BCUT2D eigenvalue weighted by Gasteiger charge is -2.28. The smallest absolute Gasteiger partial charge is 0.166 e. The van der Waals surface area contributed by atoms with Gasteiger partial charge in [-0.1, -0.05) is 13.8 Å². The van der Waals surface area contributed by atoms with E-state index in [0.717, 1.165) is 0 Å². The van der Waals surface area contributed by atoms with Crippen molar-refractivity contribution in [3.63, 3.8) is 0 Å². The summed E-state index contributed by atoms with van der Waals surface area (Å²) >= 11 is 0. The number of nitrogens with two attached hydrogens (primary N) is 1. The predicted molar refractivity (Wildman–Crippen MR) is 54.6 cm³/mol. The Morgan fingerprint density at radius 2 is 2.29 bits per heavy atom. The Morgan fingerprint density at radius 3 is 2.71 bits per heavy atom. The van der Waals surface area contributed by atoms with Crippen molar-refractivity contribution in [1.29, 1.82) is 0 Å². The molecule has 2 N–H and O–H groups in total. The third-order valence-corrected chi connectivity index (χ3v) is 2.65. The third-order valence-electron chi connectivity index (χ3n) is 2.65. The highest BCUT2D eigenvalue weighted by molar-refractivity contribution is 5.14. The molecule has 3 nitrogen and oxygen atoms in total. The zero-order valence-electron chi connectivity index (χ0n) is 9.00. The van der Waals surface area contributed by atoms with Crippen LogP contribution in [0.5, 0.6) is 0 Å². The van der Waals surface area contributed by atoms with Gasteiger partial charge in [-0.3, -0.25) is 4.68 Å². The Hall–Kier alpha value is -0.900. The van der Waals surface area contributed by atoms with Gasteiger partial charge in [0.1, 0.15) is 0 Å². The number of rotatable bonds is 4. The highest BCUT2D eigenvalue weighted by Crippen LogP contribution is 2.32. The molecule has 0 saturated carbocycles. The van der Waals surface area contributed by atoms with E-state index in [2.05, 4.69) is 5.10 Å². The maximum atomic E-state index is 14.5. The quantitative estimate of drug-likeness (QED) is 0.801. The summed E-state index contributed by atoms with van der Waals surface area (Å²) in [6.07, 6.45) is 1.62. The fourth-order valence-corrected chi connectivity index (χ4v) is 1.57. The average molecular weight is 199 g/mol. The third kappa shape index (κ3) is 1.66. The van der Waals surface area contributed by atoms with Crippen LogP contribution in [0.2, 0.25) is 0 Å². The minimum Gasteiger partial charge on any atom is -0.327 e. The number of hydrogen-bond donors (Lipinski definition) is 1. The number of nitrogens with zero attached hydrogens (tertiary/aromatic N) is 2. The van der Waals surface area contributed by atoms with Crippen LogP contribution in [0.4, 0.5) is 4.39 Å². The van der Waals surface area contributed by atoms with Crippen LogP contribution in [0.25, 0.3) is 0 Å². The van der Waals surface area contributed by atoms with E-state index in [0.29, 0.717) is 12.2 Å². The van der Waals surface area contributed by atoms with Crippen LogP contribution in [0.3, 0.4) is 0 Å². The molecule has 1 atom stereocenters. The van der Waals surface area contributed by atoms with Gasteiger partial charge in [0.05, 0.1) is 5.69 Å². The minimum atomic E-state index is -1.47. The number of halogens is 1. The van der Waals surface area contributed by atoms with Crippen molar-refractivity contribution >= 4 is 0 Å². The molecule has 0 aromatic carbocycles. The first-order valence-corrected chi connectivity index (χ1v) is 4.97. The lowest BCUT2D eigenvalue weighted by Crippen LogP contribution is -2.37. The van der Waals surface area contributed by atoms with Crippen molar-refractivity contribution in [1.82, 2.24) is 9.78 Å². The van der Waals surface area contributed by atoms with Gasteiger partial charge >= 0.3 is 0 Å². The van der Waals surface area contributed by atoms with Gasteiger partial charge in [0.25, 0.3) is 0 Å². The zero-order valence-corrected chi connectivity index (χ0v) is 9.00. The van der Waals surface area contributed by atoms with E-state index >= 15 is 0 Å². The lowest BCUT2D eigenvalue weighted by atomic mass is 9.89. The summed E-state index contributed by atoms with van der Waals surface area (Å²) < 4.78 is 16.1. The van der Waals surface area contributed by atoms with Crippen LogP contribution in [-0.2, 0) is 12.2 Å². The maximum Gasteiger partial charge on any atom is 0.166 e. The fourth-order valence-electron chi connectivity index (χ4n) is 1.57. The molecule has 1 aromatic heterocycles. The van der Waals surface area contributed by atoms with Gasteiger partial charge in [0.15, 0.2) is 5.67 Å². The van der Waals surface area contributed by atoms with E-state index < -0.39 is 5.67 Å². The normalized spacial score (nSPS) is 15.9. The molecule has 0 aliphatic carbocycles. The molecule has 0 radical (unpaired) electrons. The molecule has 0 saturated heterocycles. The van der Waals surface area contributed by atoms with Crippen molar-refractivity contribution < 1.29 is 4.39 Å². The standard InChI is InChI=1S/C10H18FN3/c1-4-14-9(5-6-13-14)10(11,7-12)8(2)3/h5-6,8H,4,7,12H2,1-3H3. The molecule has 0 aliphatic heterocycles. The van der Waals surface area contributed by atoms with Crippen molar-refractivity contribution in [3.05, 3.63) is 18.0 Å². The Morgan fingerprint density at radius 1 is 1.64 bits per heavy atom. The number of alkyl halides is 1. The molecule has 0 spiro atoms. The molecule has 0 bridgehead atoms. The zero-order chi connectivity index (χ0) is 10.8. The molecule has 1 heterocycles. The minimum absolute atomic E-state index is 0.00361. The van der Waals surface area contributed by atoms with E-state index in [1.807, 2.05) is 20.8 Å². The SMILES string of the molecule is CCn1nccc1C(F)(CN)C(C)C. The van der Waals surface area contributed by atoms with Gasteiger partial charge in [-0.25, -0.2) is 4.39 Å². The second-order valence-electron chi connectivity index (χ2n) is 3.75. The molecule has 0 aliphatic rings. The Labute approximate surface area is 84.1 Å². The molecule has 1 rings (SSSR count). The van der Waals surface area contributed by atoms with Crippen molar-refractivity contribution in [2.45, 2.75) is 33.0 Å². The Kier molecular flexibility index (Phi) is 3.26. The van der Waals surface area contributed by atoms with Gasteiger partial charge in [0.2, 0.25) is 0 Å². The summed E-state index contributed by atoms with van der Waals surface area (Å²) in [7, 11) is 0. The van der Waals surface area contributed by atoms with Crippen molar-refractivity contribution in [2.24, 2.45) is 11.7 Å². The first kappa shape index (κ1) is 11.2. The molecule has 4 heteroatoms. The lowest BCUT2D eigenvalue weighted by molar-refractivity contribution is 0.0973. The number of aryl methyl sites for hydroxylation is 1. The average Bonchev–Trinajstić information content (AvgIpc) is 2.64. The summed E-state index contributed by atoms with van der Waals surface area (Å²) in [4.78, 5) is 0. The fraction of sp³-hybridized carbons (Fsp3) is 0.700. The highest BCUT2D eigenvalue weighted by atomic mass is 19.1. The van der Waals surface area contributed by atoms with Gasteiger partial charge in [0, 0.05) is 19.3 Å². The van der Waals surface area contributed by atoms with Gasteiger partial charge in [-0.15, -0.1) is 0 Å². The first-order chi connectivity index (χ1) is 6.56. The summed E-state index contributed by atoms with van der Waals surface area (Å²) in [5, 5.41) is 4.05. The van der Waals surface area contributed by atoms with Crippen LogP contribution in [0.1, 0.15) is 26.5 Å². The van der Waals surface area contributed by atoms with Crippen molar-refractivity contribution in [3.8, 4) is 0 Å². The van der Waals surface area contributed by atoms with E-state index in [1.165, 1.54) is 0 Å². The summed E-state index contributed by atoms with van der Waals surface area (Å²) in [6.45, 7) is 6.27. The number of aromatic nitrogens is 2. The van der Waals surface area contributed by atoms with Crippen LogP contribution < -0.4 is 5.73 Å². The topological polar surface area (TPSA) is 43.8 Å².